The van der Waals surface area contributed by atoms with Crippen LogP contribution >= 0.6 is 24.8 Å². The average Bonchev–Trinajstić information content (AvgIpc) is 2.90. The zero-order chi connectivity index (χ0) is 20.2. The number of nitrogens with one attached hydrogen (secondary N) is 1. The zero-order valence-electron chi connectivity index (χ0n) is 19.0. The van der Waals surface area contributed by atoms with Gasteiger partial charge in [0, 0.05) is 0 Å². The monoisotopic (exact) mass is 538 g/mol. The number of hydrogen-bond donors (Lipinski definition) is 0. The van der Waals surface area contributed by atoms with Gasteiger partial charge in [0.1, 0.15) is 9.52 Å². The zero-order valence-corrected chi connectivity index (χ0v) is 24.3. The Hall–Kier alpha value is -0.440. The van der Waals surface area contributed by atoms with Crippen LogP contribution in [0.25, 0.3) is 5.73 Å². The maximum atomic E-state index is 6.83. The van der Waals surface area contributed by atoms with Crippen molar-refractivity contribution in [3.8, 4) is 0 Å². The van der Waals surface area contributed by atoms with Crippen LogP contribution in [0.5, 0.6) is 0 Å². The summed E-state index contributed by atoms with van der Waals surface area (Å²) in [5, 5.41) is 2.90. The van der Waals surface area contributed by atoms with Crippen LogP contribution in [0.1, 0.15) is 48.0 Å². The van der Waals surface area contributed by atoms with Crippen molar-refractivity contribution in [3.05, 3.63) is 89.2 Å². The molecule has 2 atom stereocenters. The number of rotatable bonds is 3. The van der Waals surface area contributed by atoms with Crippen molar-refractivity contribution < 1.29 is 26.2 Å². The Morgan fingerprint density at radius 2 is 1.27 bits per heavy atom. The van der Waals surface area contributed by atoms with E-state index in [4.69, 9.17) is 5.73 Å². The van der Waals surface area contributed by atoms with E-state index in [1.54, 1.807) is 0 Å². The molecule has 0 saturated heterocycles. The van der Waals surface area contributed by atoms with Gasteiger partial charge in [0.2, 0.25) is 0 Å². The van der Waals surface area contributed by atoms with Crippen LogP contribution in [0, 0.1) is 12.0 Å². The van der Waals surface area contributed by atoms with Gasteiger partial charge in [-0.3, -0.25) is 6.08 Å². The van der Waals surface area contributed by atoms with Gasteiger partial charge in [-0.05, 0) is 0 Å². The molecule has 0 bridgehead atoms. The molecule has 163 valence electrons. The number of halogens is 2. The van der Waals surface area contributed by atoms with E-state index in [1.807, 2.05) is 13.8 Å². The summed E-state index contributed by atoms with van der Waals surface area (Å²) < 4.78 is 0. The van der Waals surface area contributed by atoms with Crippen molar-refractivity contribution in [2.24, 2.45) is 5.92 Å². The Morgan fingerprint density at radius 3 is 1.47 bits per heavy atom. The van der Waals surface area contributed by atoms with Crippen molar-refractivity contribution in [2.75, 3.05) is 0 Å². The molecule has 3 rings (SSSR count). The Morgan fingerprint density at radius 1 is 0.900 bits per heavy atom. The summed E-state index contributed by atoms with van der Waals surface area (Å²) in [7, 11) is 0.271. The van der Waals surface area contributed by atoms with Gasteiger partial charge in [0.15, 0.2) is 0 Å². The fourth-order valence-corrected chi connectivity index (χ4v) is 3.67. The van der Waals surface area contributed by atoms with E-state index in [0.717, 1.165) is 6.42 Å². The van der Waals surface area contributed by atoms with E-state index in [1.165, 1.54) is 27.1 Å². The summed E-state index contributed by atoms with van der Waals surface area (Å²) in [6.07, 6.45) is 4.33. The number of benzene rings is 2. The van der Waals surface area contributed by atoms with Crippen LogP contribution in [-0.2, 0) is 26.2 Å². The molecule has 0 aromatic heterocycles. The van der Waals surface area contributed by atoms with Gasteiger partial charge in [-0.25, -0.2) is 5.57 Å². The van der Waals surface area contributed by atoms with Crippen LogP contribution < -0.4 is 10.4 Å². The Bertz CT molecular complexity index is 694. The van der Waals surface area contributed by atoms with Crippen molar-refractivity contribution in [3.63, 3.8) is 0 Å². The Balaban J connectivity index is -0.000000381. The molecular weight excluding hydrogens is 504 g/mol. The molecule has 0 heterocycles. The molecule has 2 aromatic rings. The van der Waals surface area contributed by atoms with Gasteiger partial charge in [-0.2, -0.15) is 11.1 Å². The smallest absolute Gasteiger partial charge is 0.675 e. The first-order valence-electron chi connectivity index (χ1n) is 9.78. The van der Waals surface area contributed by atoms with Crippen molar-refractivity contribution in [1.29, 1.82) is 0 Å². The number of hydrogen-bond acceptors (Lipinski definition) is 0. The third-order valence-corrected chi connectivity index (χ3v) is 6.22. The molecule has 30 heavy (non-hydrogen) atoms. The van der Waals surface area contributed by atoms with E-state index < -0.39 is 0 Å². The average molecular weight is 541 g/mol. The second kappa shape index (κ2) is 19.3. The standard InChI is InChI=1S/C12H11Si.C9H13.C4H10N.2ClH.Zr/c1-3-7-11(8-4-1)13-12-9-5-2-6-10-12;1-6-5-7(2)9(4)8(6)3;1-3-4(2)5;;;/h1-10,13H;6H,1-4H3;4-5H,3H2,1-2H3;2*1H;/q;2*-1;;;+2. The second-order valence-corrected chi connectivity index (χ2v) is 8.70. The first-order valence-corrected chi connectivity index (χ1v) is 10.9. The molecule has 0 fully saturated rings. The van der Waals surface area contributed by atoms with Crippen LogP contribution in [0.15, 0.2) is 77.4 Å². The summed E-state index contributed by atoms with van der Waals surface area (Å²) in [6.45, 7) is 12.6. The maximum Gasteiger partial charge on any atom is 2.00 e. The normalized spacial score (nSPS) is 14.9. The molecule has 1 nitrogen and oxygen atoms in total. The predicted molar refractivity (Wildman–Crippen MR) is 138 cm³/mol. The van der Waals surface area contributed by atoms with Gasteiger partial charge in [-0.15, -0.1) is 37.8 Å². The summed E-state index contributed by atoms with van der Waals surface area (Å²) >= 11 is 0. The van der Waals surface area contributed by atoms with Crippen molar-refractivity contribution in [1.82, 2.24) is 0 Å². The summed E-state index contributed by atoms with van der Waals surface area (Å²) in [5.41, 5.74) is 11.1. The summed E-state index contributed by atoms with van der Waals surface area (Å²) in [5.74, 6) is 0.560. The molecular formula is C25H36Cl2NSiZr. The van der Waals surface area contributed by atoms with Crippen molar-refractivity contribution in [2.45, 2.75) is 54.0 Å². The van der Waals surface area contributed by atoms with Crippen LogP contribution in [-0.4, -0.2) is 15.6 Å². The SMILES string of the molecule is CC1=[C-]C(C)C(C)=C1C.CCC(C)[NH-].Cl.Cl.[Zr+2].c1ccc([SiH]c2ccccc2)cc1. The molecule has 2 aromatic carbocycles. The first-order chi connectivity index (χ1) is 12.8. The molecule has 1 aliphatic carbocycles. The minimum absolute atomic E-state index is 0. The van der Waals surface area contributed by atoms with E-state index in [-0.39, 0.29) is 66.6 Å². The van der Waals surface area contributed by atoms with Crippen molar-refractivity contribution >= 4 is 44.7 Å². The Labute approximate surface area is 218 Å². The molecule has 5 heteroatoms. The molecule has 0 spiro atoms. The predicted octanol–water partition coefficient (Wildman–Crippen LogP) is 6.47. The molecule has 2 unspecified atom stereocenters. The third kappa shape index (κ3) is 13.8. The topological polar surface area (TPSA) is 23.8 Å². The third-order valence-electron chi connectivity index (χ3n) is 4.78. The van der Waals surface area contributed by atoms with Crippen LogP contribution in [0.4, 0.5) is 0 Å². The number of allylic oxidation sites excluding steroid dienone is 4. The Kier molecular flexibility index (Phi) is 21.9. The molecule has 1 N–H and O–H groups in total. The van der Waals surface area contributed by atoms with Gasteiger partial charge >= 0.3 is 26.2 Å². The fraction of sp³-hybridized carbons (Fsp3) is 0.360. The second-order valence-electron chi connectivity index (χ2n) is 7.07. The minimum atomic E-state index is 0. The van der Waals surface area contributed by atoms with E-state index >= 15 is 0 Å². The largest absolute Gasteiger partial charge is 2.00 e. The summed E-state index contributed by atoms with van der Waals surface area (Å²) in [4.78, 5) is 0. The first kappa shape index (κ1) is 34.2. The van der Waals surface area contributed by atoms with E-state index in [0.29, 0.717) is 5.92 Å². The van der Waals surface area contributed by atoms with Gasteiger partial charge < -0.3 is 5.73 Å². The van der Waals surface area contributed by atoms with Gasteiger partial charge in [0.25, 0.3) is 0 Å². The fourth-order valence-electron chi connectivity index (χ4n) is 2.45. The van der Waals surface area contributed by atoms with Gasteiger partial charge in [0.05, 0.1) is 0 Å². The van der Waals surface area contributed by atoms with E-state index in [2.05, 4.69) is 94.4 Å². The minimum Gasteiger partial charge on any atom is -0.675 e. The molecule has 1 aliphatic rings. The molecule has 0 saturated carbocycles. The van der Waals surface area contributed by atoms with Crippen LogP contribution in [0.2, 0.25) is 0 Å². The summed E-state index contributed by atoms with van der Waals surface area (Å²) in [6, 6.07) is 21.5. The van der Waals surface area contributed by atoms with Gasteiger partial charge in [-0.1, -0.05) is 118 Å². The maximum absolute atomic E-state index is 6.83. The molecule has 0 aliphatic heterocycles. The quantitative estimate of drug-likeness (QED) is 0.315. The van der Waals surface area contributed by atoms with E-state index in [9.17, 15) is 0 Å². The van der Waals surface area contributed by atoms with Crippen LogP contribution in [0.3, 0.4) is 0 Å². The molecule has 1 radical (unpaired) electrons. The molecule has 0 amide bonds.